The maximum Gasteiger partial charge on any atom is 0.166 e. The fraction of sp³-hybridized carbons (Fsp3) is 0.562. The van der Waals surface area contributed by atoms with Crippen LogP contribution in [0.15, 0.2) is 24.3 Å². The van der Waals surface area contributed by atoms with Crippen LogP contribution in [0.5, 0.6) is 0 Å². The lowest BCUT2D eigenvalue weighted by Crippen LogP contribution is -2.42. The molecule has 0 amide bonds. The predicted molar refractivity (Wildman–Crippen MR) is 78.9 cm³/mol. The van der Waals surface area contributed by atoms with Gasteiger partial charge < -0.3 is 4.74 Å². The average Bonchev–Trinajstić information content (AvgIpc) is 2.87. The monoisotopic (exact) mass is 276 g/mol. The second-order valence-electron chi connectivity index (χ2n) is 5.75. The molecule has 2 atom stereocenters. The molecule has 2 aliphatic heterocycles. The summed E-state index contributed by atoms with van der Waals surface area (Å²) >= 11 is 1.95. The van der Waals surface area contributed by atoms with Crippen molar-refractivity contribution < 1.29 is 9.53 Å². The van der Waals surface area contributed by atoms with Crippen molar-refractivity contribution in [2.24, 2.45) is 5.92 Å². The molecule has 0 aliphatic carbocycles. The molecule has 0 bridgehead atoms. The molecule has 102 valence electrons. The zero-order valence-corrected chi connectivity index (χ0v) is 12.2. The third kappa shape index (κ3) is 2.72. The van der Waals surface area contributed by atoms with Crippen molar-refractivity contribution in [3.05, 3.63) is 35.4 Å². The van der Waals surface area contributed by atoms with Gasteiger partial charge in [0.2, 0.25) is 0 Å². The Kier molecular flexibility index (Phi) is 3.68. The minimum Gasteiger partial charge on any atom is -0.374 e. The molecule has 2 aliphatic rings. The molecule has 3 rings (SSSR count). The Morgan fingerprint density at radius 2 is 2.16 bits per heavy atom. The molecule has 2 fully saturated rings. The lowest BCUT2D eigenvalue weighted by Gasteiger charge is -2.37. The lowest BCUT2D eigenvalue weighted by atomic mass is 9.81. The Morgan fingerprint density at radius 1 is 1.37 bits per heavy atom. The van der Waals surface area contributed by atoms with Crippen LogP contribution in [-0.4, -0.2) is 29.5 Å². The molecule has 0 N–H and O–H groups in total. The zero-order valence-electron chi connectivity index (χ0n) is 11.4. The van der Waals surface area contributed by atoms with Crippen molar-refractivity contribution in [3.8, 4) is 0 Å². The van der Waals surface area contributed by atoms with E-state index in [0.717, 1.165) is 37.2 Å². The van der Waals surface area contributed by atoms with Gasteiger partial charge in [-0.05, 0) is 31.9 Å². The van der Waals surface area contributed by atoms with Crippen LogP contribution >= 0.6 is 11.8 Å². The van der Waals surface area contributed by atoms with Gasteiger partial charge in [-0.2, -0.15) is 11.8 Å². The van der Waals surface area contributed by atoms with Crippen molar-refractivity contribution in [1.29, 1.82) is 0 Å². The van der Waals surface area contributed by atoms with Crippen molar-refractivity contribution >= 4 is 17.5 Å². The summed E-state index contributed by atoms with van der Waals surface area (Å²) in [6, 6.07) is 7.97. The number of ether oxygens (including phenoxy) is 1. The van der Waals surface area contributed by atoms with Gasteiger partial charge in [0.25, 0.3) is 0 Å². The van der Waals surface area contributed by atoms with Crippen molar-refractivity contribution in [3.63, 3.8) is 0 Å². The van der Waals surface area contributed by atoms with E-state index in [1.807, 2.05) is 43.0 Å². The van der Waals surface area contributed by atoms with Gasteiger partial charge >= 0.3 is 0 Å². The van der Waals surface area contributed by atoms with Gasteiger partial charge in [-0.3, -0.25) is 4.79 Å². The fourth-order valence-electron chi connectivity index (χ4n) is 3.07. The molecule has 0 radical (unpaired) electrons. The number of carbonyl (C=O) groups is 1. The molecule has 2 heterocycles. The Labute approximate surface area is 118 Å². The number of hydrogen-bond donors (Lipinski definition) is 0. The largest absolute Gasteiger partial charge is 0.374 e. The van der Waals surface area contributed by atoms with Gasteiger partial charge in [0.1, 0.15) is 0 Å². The highest BCUT2D eigenvalue weighted by atomic mass is 32.2. The molecule has 3 heteroatoms. The summed E-state index contributed by atoms with van der Waals surface area (Å²) in [5.41, 5.74) is 2.05. The Hall–Kier alpha value is -0.800. The Balaban J connectivity index is 1.74. The number of carbonyl (C=O) groups excluding carboxylic acids is 1. The predicted octanol–water partition coefficient (Wildman–Crippen LogP) is 3.48. The summed E-state index contributed by atoms with van der Waals surface area (Å²) < 4.78 is 5.99. The van der Waals surface area contributed by atoms with Crippen LogP contribution in [0.4, 0.5) is 0 Å². The van der Waals surface area contributed by atoms with Crippen LogP contribution < -0.4 is 0 Å². The van der Waals surface area contributed by atoms with Crippen molar-refractivity contribution in [2.75, 3.05) is 18.1 Å². The molecule has 1 spiro atoms. The van der Waals surface area contributed by atoms with Gasteiger partial charge in [-0.15, -0.1) is 0 Å². The minimum absolute atomic E-state index is 0.00601. The van der Waals surface area contributed by atoms with E-state index in [-0.39, 0.29) is 11.5 Å². The Morgan fingerprint density at radius 3 is 2.84 bits per heavy atom. The molecule has 1 aromatic rings. The van der Waals surface area contributed by atoms with E-state index >= 15 is 0 Å². The number of hydrogen-bond acceptors (Lipinski definition) is 3. The van der Waals surface area contributed by atoms with E-state index in [2.05, 4.69) is 0 Å². The number of aryl methyl sites for hydroxylation is 1. The topological polar surface area (TPSA) is 26.3 Å². The highest BCUT2D eigenvalue weighted by Gasteiger charge is 2.42. The van der Waals surface area contributed by atoms with Crippen LogP contribution in [0, 0.1) is 12.8 Å². The zero-order chi connectivity index (χ0) is 13.3. The van der Waals surface area contributed by atoms with Gasteiger partial charge in [0.05, 0.1) is 5.60 Å². The standard InChI is InChI=1S/C16H20O2S/c1-12-2-4-13(5-3-12)15(17)14-6-8-18-16(10-14)7-9-19-11-16/h2-5,14H,6-11H2,1H3. The molecule has 19 heavy (non-hydrogen) atoms. The molecule has 0 aromatic heterocycles. The lowest BCUT2D eigenvalue weighted by molar-refractivity contribution is -0.0734. The second kappa shape index (κ2) is 5.29. The molecule has 2 unspecified atom stereocenters. The van der Waals surface area contributed by atoms with E-state index in [9.17, 15) is 4.79 Å². The van der Waals surface area contributed by atoms with Crippen molar-refractivity contribution in [1.82, 2.24) is 0 Å². The number of rotatable bonds is 2. The van der Waals surface area contributed by atoms with Crippen LogP contribution in [0.25, 0.3) is 0 Å². The van der Waals surface area contributed by atoms with E-state index in [1.165, 1.54) is 11.3 Å². The highest BCUT2D eigenvalue weighted by molar-refractivity contribution is 7.99. The maximum atomic E-state index is 12.6. The first-order valence-electron chi connectivity index (χ1n) is 7.01. The molecule has 2 nitrogen and oxygen atoms in total. The van der Waals surface area contributed by atoms with Gasteiger partial charge in [0.15, 0.2) is 5.78 Å². The quantitative estimate of drug-likeness (QED) is 0.774. The normalized spacial score (nSPS) is 30.7. The fourth-order valence-corrected chi connectivity index (χ4v) is 4.45. The van der Waals surface area contributed by atoms with Crippen LogP contribution in [-0.2, 0) is 4.74 Å². The summed E-state index contributed by atoms with van der Waals surface area (Å²) in [6.07, 6.45) is 2.89. The van der Waals surface area contributed by atoms with Gasteiger partial charge in [-0.1, -0.05) is 29.8 Å². The third-order valence-corrected chi connectivity index (χ3v) is 5.49. The first-order chi connectivity index (χ1) is 9.19. The summed E-state index contributed by atoms with van der Waals surface area (Å²) in [6.45, 7) is 2.79. The second-order valence-corrected chi connectivity index (χ2v) is 6.86. The van der Waals surface area contributed by atoms with Crippen LogP contribution in [0.2, 0.25) is 0 Å². The first kappa shape index (κ1) is 13.2. The maximum absolute atomic E-state index is 12.6. The third-order valence-electron chi connectivity index (χ3n) is 4.27. The van der Waals surface area contributed by atoms with E-state index in [0.29, 0.717) is 5.78 Å². The van der Waals surface area contributed by atoms with Crippen molar-refractivity contribution in [2.45, 2.75) is 31.8 Å². The molecule has 0 saturated carbocycles. The summed E-state index contributed by atoms with van der Waals surface area (Å²) in [5.74, 6) is 2.69. The van der Waals surface area contributed by atoms with E-state index in [4.69, 9.17) is 4.74 Å². The smallest absolute Gasteiger partial charge is 0.166 e. The van der Waals surface area contributed by atoms with Gasteiger partial charge in [0, 0.05) is 23.8 Å². The molecular formula is C16H20O2S. The molecule has 1 aromatic carbocycles. The average molecular weight is 276 g/mol. The van der Waals surface area contributed by atoms with E-state index < -0.39 is 0 Å². The number of thioether (sulfide) groups is 1. The Bertz CT molecular complexity index is 460. The first-order valence-corrected chi connectivity index (χ1v) is 8.17. The minimum atomic E-state index is -0.00601. The number of benzene rings is 1. The molecular weight excluding hydrogens is 256 g/mol. The van der Waals surface area contributed by atoms with Gasteiger partial charge in [-0.25, -0.2) is 0 Å². The summed E-state index contributed by atoms with van der Waals surface area (Å²) in [7, 11) is 0. The summed E-state index contributed by atoms with van der Waals surface area (Å²) in [4.78, 5) is 12.6. The summed E-state index contributed by atoms with van der Waals surface area (Å²) in [5, 5.41) is 0. The number of Topliss-reactive ketones (excluding diaryl/α,β-unsaturated/α-hetero) is 1. The van der Waals surface area contributed by atoms with Crippen LogP contribution in [0.1, 0.15) is 35.2 Å². The van der Waals surface area contributed by atoms with Crippen LogP contribution in [0.3, 0.4) is 0 Å². The van der Waals surface area contributed by atoms with E-state index in [1.54, 1.807) is 0 Å². The SMILES string of the molecule is Cc1ccc(C(=O)C2CCOC3(CCSC3)C2)cc1. The highest BCUT2D eigenvalue weighted by Crippen LogP contribution is 2.41. The molecule has 2 saturated heterocycles. The number of ketones is 1.